The van der Waals surface area contributed by atoms with E-state index in [1.807, 2.05) is 30.3 Å². The summed E-state index contributed by atoms with van der Waals surface area (Å²) in [4.78, 5) is 10.4. The number of hydrogen-bond donors (Lipinski definition) is 2. The van der Waals surface area contributed by atoms with Gasteiger partial charge in [0, 0.05) is 14.2 Å². The molecule has 6 heteroatoms. The summed E-state index contributed by atoms with van der Waals surface area (Å²) < 4.78 is 9.48. The van der Waals surface area contributed by atoms with E-state index in [4.69, 9.17) is 20.3 Å². The molecule has 102 valence electrons. The third-order valence-electron chi connectivity index (χ3n) is 2.28. The lowest BCUT2D eigenvalue weighted by molar-refractivity contribution is -0.138. The van der Waals surface area contributed by atoms with Crippen LogP contribution in [0, 0.1) is 0 Å². The standard InChI is InChI=1S/C9H11NO2.C3H10O2Si/c10-8(9(11)12)6-7-4-2-1-3-5-7;1-4-3(6)5-2/h1-5,8H,6,10H2,(H,11,12);3H,1-2,6H3/t8-;/m0./s1. The monoisotopic (exact) mass is 271 g/mol. The maximum absolute atomic E-state index is 10.4. The molecule has 1 aromatic rings. The molecular weight excluding hydrogens is 250 g/mol. The zero-order valence-electron chi connectivity index (χ0n) is 11.0. The second kappa shape index (κ2) is 9.78. The molecule has 0 bridgehead atoms. The number of carboxylic acid groups (broad SMARTS) is 1. The number of aliphatic carboxylic acids is 1. The number of ether oxygens (including phenoxy) is 2. The van der Waals surface area contributed by atoms with Gasteiger partial charge >= 0.3 is 5.97 Å². The first-order valence-electron chi connectivity index (χ1n) is 5.59. The van der Waals surface area contributed by atoms with Gasteiger partial charge in [0.1, 0.15) is 12.0 Å². The predicted octanol–water partition coefficient (Wildman–Crippen LogP) is -0.431. The van der Waals surface area contributed by atoms with Crippen molar-refractivity contribution in [3.8, 4) is 0 Å². The maximum Gasteiger partial charge on any atom is 0.320 e. The van der Waals surface area contributed by atoms with Crippen molar-refractivity contribution in [3.05, 3.63) is 35.9 Å². The highest BCUT2D eigenvalue weighted by Gasteiger charge is 2.10. The average Bonchev–Trinajstić information content (AvgIpc) is 2.39. The molecule has 0 saturated carbocycles. The SMILES string of the molecule is COC([SiH3])OC.N[C@@H](Cc1ccccc1)C(=O)O. The highest BCUT2D eigenvalue weighted by molar-refractivity contribution is 6.09. The Hall–Kier alpha value is -1.21. The molecule has 0 aliphatic carbocycles. The lowest BCUT2D eigenvalue weighted by Crippen LogP contribution is -2.32. The fourth-order valence-corrected chi connectivity index (χ4v) is 1.05. The van der Waals surface area contributed by atoms with Crippen molar-refractivity contribution >= 4 is 16.2 Å². The normalized spacial score (nSPS) is 11.8. The van der Waals surface area contributed by atoms with Gasteiger partial charge in [-0.15, -0.1) is 0 Å². The third kappa shape index (κ3) is 7.96. The van der Waals surface area contributed by atoms with Crippen molar-refractivity contribution in [2.45, 2.75) is 18.4 Å². The van der Waals surface area contributed by atoms with Crippen molar-refractivity contribution in [1.82, 2.24) is 0 Å². The van der Waals surface area contributed by atoms with E-state index in [9.17, 15) is 4.79 Å². The van der Waals surface area contributed by atoms with Crippen molar-refractivity contribution < 1.29 is 19.4 Å². The second-order valence-corrected chi connectivity index (χ2v) is 4.62. The number of nitrogens with two attached hydrogens (primary N) is 1. The third-order valence-corrected chi connectivity index (χ3v) is 3.22. The summed E-state index contributed by atoms with van der Waals surface area (Å²) in [7, 11) is 4.23. The van der Waals surface area contributed by atoms with Gasteiger partial charge in [0.05, 0.1) is 10.2 Å². The van der Waals surface area contributed by atoms with Crippen LogP contribution in [0.3, 0.4) is 0 Å². The first-order chi connectivity index (χ1) is 8.51. The number of methoxy groups -OCH3 is 2. The van der Waals surface area contributed by atoms with E-state index in [2.05, 4.69) is 0 Å². The quantitative estimate of drug-likeness (QED) is 0.561. The molecule has 5 nitrogen and oxygen atoms in total. The highest BCUT2D eigenvalue weighted by atomic mass is 28.1. The van der Waals surface area contributed by atoms with E-state index < -0.39 is 12.0 Å². The van der Waals surface area contributed by atoms with E-state index in [-0.39, 0.29) is 5.91 Å². The summed E-state index contributed by atoms with van der Waals surface area (Å²) >= 11 is 0. The zero-order valence-corrected chi connectivity index (χ0v) is 13.0. The number of hydrogen-bond acceptors (Lipinski definition) is 4. The van der Waals surface area contributed by atoms with Crippen LogP contribution in [0.25, 0.3) is 0 Å². The molecule has 0 aliphatic heterocycles. The predicted molar refractivity (Wildman–Crippen MR) is 73.5 cm³/mol. The van der Waals surface area contributed by atoms with Crippen LogP contribution in [-0.4, -0.2) is 47.5 Å². The summed E-state index contributed by atoms with van der Waals surface area (Å²) in [5.41, 5.74) is 6.30. The molecule has 0 heterocycles. The van der Waals surface area contributed by atoms with Crippen LogP contribution < -0.4 is 5.73 Å². The number of benzene rings is 1. The summed E-state index contributed by atoms with van der Waals surface area (Å²) in [6.45, 7) is 0. The van der Waals surface area contributed by atoms with Gasteiger partial charge < -0.3 is 20.3 Å². The van der Waals surface area contributed by atoms with Crippen LogP contribution in [-0.2, 0) is 20.7 Å². The Kier molecular flexibility index (Phi) is 9.12. The van der Waals surface area contributed by atoms with E-state index in [1.165, 1.54) is 0 Å². The van der Waals surface area contributed by atoms with Gasteiger partial charge in [0.25, 0.3) is 0 Å². The van der Waals surface area contributed by atoms with E-state index in [0.717, 1.165) is 15.8 Å². The fraction of sp³-hybridized carbons (Fsp3) is 0.417. The molecule has 0 fully saturated rings. The van der Waals surface area contributed by atoms with Crippen molar-refractivity contribution in [2.24, 2.45) is 5.73 Å². The fourth-order valence-electron chi connectivity index (χ4n) is 1.05. The van der Waals surface area contributed by atoms with Gasteiger partial charge in [-0.1, -0.05) is 30.3 Å². The molecule has 0 saturated heterocycles. The Morgan fingerprint density at radius 1 is 1.33 bits per heavy atom. The minimum absolute atomic E-state index is 0.0741. The molecule has 1 rings (SSSR count). The molecule has 0 aliphatic rings. The van der Waals surface area contributed by atoms with Gasteiger partial charge in [-0.3, -0.25) is 4.79 Å². The molecule has 1 aromatic carbocycles. The molecule has 0 amide bonds. The maximum atomic E-state index is 10.4. The summed E-state index contributed by atoms with van der Waals surface area (Å²) in [6.07, 6.45) is 0.385. The molecule has 0 spiro atoms. The smallest absolute Gasteiger partial charge is 0.320 e. The first kappa shape index (κ1) is 16.8. The molecule has 0 radical (unpaired) electrons. The topological polar surface area (TPSA) is 81.8 Å². The average molecular weight is 271 g/mol. The van der Waals surface area contributed by atoms with Crippen LogP contribution in [0.5, 0.6) is 0 Å². The molecular formula is C12H21NO4Si. The Balaban J connectivity index is 0.000000411. The van der Waals surface area contributed by atoms with E-state index in [1.54, 1.807) is 14.2 Å². The molecule has 18 heavy (non-hydrogen) atoms. The largest absolute Gasteiger partial charge is 0.480 e. The summed E-state index contributed by atoms with van der Waals surface area (Å²) in [5.74, 6) is -0.885. The van der Waals surface area contributed by atoms with E-state index in [0.29, 0.717) is 6.42 Å². The Morgan fingerprint density at radius 3 is 2.17 bits per heavy atom. The van der Waals surface area contributed by atoms with Gasteiger partial charge in [-0.2, -0.15) is 0 Å². The Bertz CT molecular complexity index is 330. The van der Waals surface area contributed by atoms with Crippen molar-refractivity contribution in [2.75, 3.05) is 14.2 Å². The minimum atomic E-state index is -0.959. The van der Waals surface area contributed by atoms with Gasteiger partial charge in [0.15, 0.2) is 0 Å². The Labute approximate surface area is 110 Å². The number of carboxylic acids is 1. The van der Waals surface area contributed by atoms with Crippen LogP contribution in [0.4, 0.5) is 0 Å². The first-order valence-corrected chi connectivity index (χ1v) is 6.74. The molecule has 0 unspecified atom stereocenters. The van der Waals surface area contributed by atoms with Gasteiger partial charge in [-0.25, -0.2) is 0 Å². The lowest BCUT2D eigenvalue weighted by Gasteiger charge is -2.04. The second-order valence-electron chi connectivity index (χ2n) is 3.67. The molecule has 1 atom stereocenters. The van der Waals surface area contributed by atoms with Crippen LogP contribution in [0.2, 0.25) is 0 Å². The van der Waals surface area contributed by atoms with Crippen LogP contribution in [0.15, 0.2) is 30.3 Å². The van der Waals surface area contributed by atoms with Crippen molar-refractivity contribution in [1.29, 1.82) is 0 Å². The van der Waals surface area contributed by atoms with Crippen LogP contribution >= 0.6 is 0 Å². The lowest BCUT2D eigenvalue weighted by atomic mass is 10.1. The number of rotatable bonds is 5. The van der Waals surface area contributed by atoms with Crippen molar-refractivity contribution in [3.63, 3.8) is 0 Å². The van der Waals surface area contributed by atoms with E-state index >= 15 is 0 Å². The Morgan fingerprint density at radius 2 is 1.83 bits per heavy atom. The number of carbonyl (C=O) groups is 1. The summed E-state index contributed by atoms with van der Waals surface area (Å²) in [5, 5.41) is 8.52. The highest BCUT2D eigenvalue weighted by Crippen LogP contribution is 2.01. The molecule has 0 aromatic heterocycles. The zero-order chi connectivity index (χ0) is 14.0. The van der Waals surface area contributed by atoms with Crippen LogP contribution in [0.1, 0.15) is 5.56 Å². The van der Waals surface area contributed by atoms with Gasteiger partial charge in [-0.05, 0) is 12.0 Å². The van der Waals surface area contributed by atoms with Gasteiger partial charge in [0.2, 0.25) is 0 Å². The minimum Gasteiger partial charge on any atom is -0.480 e. The molecule has 3 N–H and O–H groups in total. The summed E-state index contributed by atoms with van der Waals surface area (Å²) in [6, 6.07) is 8.54.